The Labute approximate surface area is 150 Å². The van der Waals surface area contributed by atoms with E-state index in [1.54, 1.807) is 38.3 Å². The highest BCUT2D eigenvalue weighted by atomic mass is 35.5. The van der Waals surface area contributed by atoms with Crippen LogP contribution in [0.4, 0.5) is 0 Å². The second-order valence-corrected chi connectivity index (χ2v) is 5.67. The Balaban J connectivity index is 2.38. The lowest BCUT2D eigenvalue weighted by Crippen LogP contribution is -2.15. The average molecular weight is 360 g/mol. The van der Waals surface area contributed by atoms with E-state index in [9.17, 15) is 4.79 Å². The van der Waals surface area contributed by atoms with Crippen LogP contribution in [0.25, 0.3) is 12.2 Å². The molecule has 2 aromatic rings. The average Bonchev–Trinajstić information content (AvgIpc) is 2.60. The van der Waals surface area contributed by atoms with Gasteiger partial charge in [-0.05, 0) is 42.7 Å². The number of benzene rings is 1. The Hall–Kier alpha value is -2.78. The van der Waals surface area contributed by atoms with E-state index in [0.717, 1.165) is 12.0 Å². The SMILES string of the molecule is CCCOc1c(Cl)cc(/C=C/c2n[nH]c(=O)c(C#N)c2C)cc1OC. The molecule has 0 radical (unpaired) electrons. The molecule has 130 valence electrons. The van der Waals surface area contributed by atoms with Gasteiger partial charge in [0, 0.05) is 0 Å². The monoisotopic (exact) mass is 359 g/mol. The predicted octanol–water partition coefficient (Wildman–Crippen LogP) is 3.57. The predicted molar refractivity (Wildman–Crippen MR) is 97.0 cm³/mol. The number of aromatic amines is 1. The largest absolute Gasteiger partial charge is 0.493 e. The number of hydrogen-bond acceptors (Lipinski definition) is 5. The van der Waals surface area contributed by atoms with Crippen molar-refractivity contribution in [3.63, 3.8) is 0 Å². The van der Waals surface area contributed by atoms with Crippen molar-refractivity contribution in [2.75, 3.05) is 13.7 Å². The van der Waals surface area contributed by atoms with E-state index in [1.165, 1.54) is 0 Å². The third kappa shape index (κ3) is 4.20. The maximum absolute atomic E-state index is 11.5. The Bertz CT molecular complexity index is 898. The molecule has 0 aliphatic carbocycles. The topological polar surface area (TPSA) is 88.0 Å². The van der Waals surface area contributed by atoms with Gasteiger partial charge in [-0.2, -0.15) is 10.4 Å². The summed E-state index contributed by atoms with van der Waals surface area (Å²) in [5.74, 6) is 1.04. The fourth-order valence-electron chi connectivity index (χ4n) is 2.20. The number of halogens is 1. The van der Waals surface area contributed by atoms with Crippen molar-refractivity contribution >= 4 is 23.8 Å². The van der Waals surface area contributed by atoms with Crippen molar-refractivity contribution in [1.82, 2.24) is 10.2 Å². The summed E-state index contributed by atoms with van der Waals surface area (Å²) in [6, 6.07) is 5.42. The van der Waals surface area contributed by atoms with E-state index in [2.05, 4.69) is 10.2 Å². The zero-order valence-corrected chi connectivity index (χ0v) is 15.0. The molecule has 0 aliphatic rings. The van der Waals surface area contributed by atoms with E-state index < -0.39 is 5.56 Å². The third-order valence-corrected chi connectivity index (χ3v) is 3.79. The first-order valence-electron chi connectivity index (χ1n) is 7.69. The third-order valence-electron chi connectivity index (χ3n) is 3.51. The Morgan fingerprint density at radius 2 is 2.16 bits per heavy atom. The second-order valence-electron chi connectivity index (χ2n) is 5.27. The number of nitrogens with one attached hydrogen (secondary N) is 1. The van der Waals surface area contributed by atoms with Gasteiger partial charge in [0.2, 0.25) is 0 Å². The maximum atomic E-state index is 11.5. The summed E-state index contributed by atoms with van der Waals surface area (Å²) in [6.07, 6.45) is 4.33. The van der Waals surface area contributed by atoms with Gasteiger partial charge in [-0.25, -0.2) is 5.10 Å². The molecule has 0 fully saturated rings. The Kier molecular flexibility index (Phi) is 6.20. The van der Waals surface area contributed by atoms with Crippen molar-refractivity contribution < 1.29 is 9.47 Å². The van der Waals surface area contributed by atoms with E-state index >= 15 is 0 Å². The molecular formula is C18H18ClN3O3. The van der Waals surface area contributed by atoms with Crippen molar-refractivity contribution in [3.05, 3.63) is 49.9 Å². The van der Waals surface area contributed by atoms with Crippen LogP contribution in [0.1, 0.15) is 35.7 Å². The number of hydrogen-bond donors (Lipinski definition) is 1. The summed E-state index contributed by atoms with van der Waals surface area (Å²) in [7, 11) is 1.55. The zero-order chi connectivity index (χ0) is 18.4. The van der Waals surface area contributed by atoms with Gasteiger partial charge in [0.1, 0.15) is 11.6 Å². The fourth-order valence-corrected chi connectivity index (χ4v) is 2.48. The Morgan fingerprint density at radius 1 is 1.40 bits per heavy atom. The summed E-state index contributed by atoms with van der Waals surface area (Å²) in [6.45, 7) is 4.23. The molecule has 0 saturated carbocycles. The van der Waals surface area contributed by atoms with Crippen LogP contribution in [0.15, 0.2) is 16.9 Å². The van der Waals surface area contributed by atoms with Crippen LogP contribution in [0.3, 0.4) is 0 Å². The van der Waals surface area contributed by atoms with Gasteiger partial charge < -0.3 is 9.47 Å². The summed E-state index contributed by atoms with van der Waals surface area (Å²) < 4.78 is 11.0. The van der Waals surface area contributed by atoms with Crippen LogP contribution in [-0.4, -0.2) is 23.9 Å². The highest BCUT2D eigenvalue weighted by Crippen LogP contribution is 2.37. The molecule has 0 unspecified atom stereocenters. The minimum Gasteiger partial charge on any atom is -0.493 e. The zero-order valence-electron chi connectivity index (χ0n) is 14.2. The number of nitriles is 1. The maximum Gasteiger partial charge on any atom is 0.282 e. The van der Waals surface area contributed by atoms with E-state index in [-0.39, 0.29) is 5.56 Å². The van der Waals surface area contributed by atoms with E-state index in [4.69, 9.17) is 26.3 Å². The summed E-state index contributed by atoms with van der Waals surface area (Å²) in [5.41, 5.74) is 1.34. The molecule has 0 bridgehead atoms. The summed E-state index contributed by atoms with van der Waals surface area (Å²) in [5, 5.41) is 15.8. The number of aromatic nitrogens is 2. The second kappa shape index (κ2) is 8.36. The minimum absolute atomic E-state index is 0.0496. The number of methoxy groups -OCH3 is 1. The first-order valence-corrected chi connectivity index (χ1v) is 8.07. The van der Waals surface area contributed by atoms with Crippen LogP contribution in [0.5, 0.6) is 11.5 Å². The number of ether oxygens (including phenoxy) is 2. The molecule has 0 spiro atoms. The molecule has 1 N–H and O–H groups in total. The van der Waals surface area contributed by atoms with Crippen molar-refractivity contribution in [2.45, 2.75) is 20.3 Å². The highest BCUT2D eigenvalue weighted by molar-refractivity contribution is 6.32. The van der Waals surface area contributed by atoms with Crippen molar-refractivity contribution in [3.8, 4) is 17.6 Å². The van der Waals surface area contributed by atoms with Gasteiger partial charge in [0.05, 0.1) is 24.4 Å². The molecule has 7 heteroatoms. The number of rotatable bonds is 6. The van der Waals surface area contributed by atoms with Crippen molar-refractivity contribution in [1.29, 1.82) is 5.26 Å². The molecule has 2 rings (SSSR count). The van der Waals surface area contributed by atoms with Gasteiger partial charge in [-0.1, -0.05) is 24.6 Å². The van der Waals surface area contributed by atoms with Crippen molar-refractivity contribution in [2.24, 2.45) is 0 Å². The normalized spacial score (nSPS) is 10.7. The Morgan fingerprint density at radius 3 is 2.80 bits per heavy atom. The molecule has 0 amide bonds. The van der Waals surface area contributed by atoms with Crippen LogP contribution < -0.4 is 15.0 Å². The van der Waals surface area contributed by atoms with Gasteiger partial charge in [0.25, 0.3) is 5.56 Å². The molecule has 0 saturated heterocycles. The van der Waals surface area contributed by atoms with Crippen LogP contribution >= 0.6 is 11.6 Å². The van der Waals surface area contributed by atoms with Crippen LogP contribution in [0, 0.1) is 18.3 Å². The van der Waals surface area contributed by atoms with Gasteiger partial charge >= 0.3 is 0 Å². The molecule has 1 aromatic heterocycles. The molecular weight excluding hydrogens is 342 g/mol. The first-order chi connectivity index (χ1) is 12.0. The summed E-state index contributed by atoms with van der Waals surface area (Å²) >= 11 is 6.29. The molecule has 6 nitrogen and oxygen atoms in total. The highest BCUT2D eigenvalue weighted by Gasteiger charge is 2.12. The first kappa shape index (κ1) is 18.6. The molecule has 0 aliphatic heterocycles. The molecule has 1 aromatic carbocycles. The molecule has 25 heavy (non-hydrogen) atoms. The van der Waals surface area contributed by atoms with E-state index in [0.29, 0.717) is 34.4 Å². The van der Waals surface area contributed by atoms with Crippen LogP contribution in [0.2, 0.25) is 5.02 Å². The van der Waals surface area contributed by atoms with Gasteiger partial charge in [0.15, 0.2) is 11.5 Å². The number of H-pyrrole nitrogens is 1. The van der Waals surface area contributed by atoms with Crippen LogP contribution in [-0.2, 0) is 0 Å². The lowest BCUT2D eigenvalue weighted by atomic mass is 10.1. The lowest BCUT2D eigenvalue weighted by molar-refractivity contribution is 0.294. The summed E-state index contributed by atoms with van der Waals surface area (Å²) in [4.78, 5) is 11.5. The lowest BCUT2D eigenvalue weighted by Gasteiger charge is -2.12. The van der Waals surface area contributed by atoms with Gasteiger partial charge in [-0.3, -0.25) is 4.79 Å². The van der Waals surface area contributed by atoms with Gasteiger partial charge in [-0.15, -0.1) is 0 Å². The smallest absolute Gasteiger partial charge is 0.282 e. The number of nitrogens with zero attached hydrogens (tertiary/aromatic N) is 2. The van der Waals surface area contributed by atoms with E-state index in [1.807, 2.05) is 13.0 Å². The quantitative estimate of drug-likeness (QED) is 0.851. The standard InChI is InChI=1S/C18H18ClN3O3/c1-4-7-25-17-14(19)8-12(9-16(17)24-3)5-6-15-11(2)13(10-20)18(23)22-21-15/h5-6,8-9H,4,7H2,1-3H3,(H,22,23)/b6-5+. The molecule has 0 atom stereocenters. The minimum atomic E-state index is -0.501. The molecule has 1 heterocycles. The fraction of sp³-hybridized carbons (Fsp3) is 0.278.